The van der Waals surface area contributed by atoms with Gasteiger partial charge >= 0.3 is 0 Å². The van der Waals surface area contributed by atoms with E-state index in [2.05, 4.69) is 10.3 Å². The zero-order valence-corrected chi connectivity index (χ0v) is 24.3. The molecule has 218 valence electrons. The molecule has 1 atom stereocenters. The van der Waals surface area contributed by atoms with Crippen LogP contribution in [0, 0.1) is 0 Å². The van der Waals surface area contributed by atoms with Gasteiger partial charge in [0.1, 0.15) is 17.3 Å². The minimum atomic E-state index is -4.06. The normalized spacial score (nSPS) is 17.2. The number of hydrogen-bond acceptors (Lipinski definition) is 7. The van der Waals surface area contributed by atoms with Crippen LogP contribution in [0.2, 0.25) is 0 Å². The number of pyridine rings is 1. The van der Waals surface area contributed by atoms with Crippen LogP contribution in [0.25, 0.3) is 21.7 Å². The Kier molecular flexibility index (Phi) is 7.56. The number of nitrogens with one attached hydrogen (secondary N) is 1. The summed E-state index contributed by atoms with van der Waals surface area (Å²) in [5, 5.41) is 4.95. The summed E-state index contributed by atoms with van der Waals surface area (Å²) in [6, 6.07) is 14.7. The molecule has 4 aromatic rings. The summed E-state index contributed by atoms with van der Waals surface area (Å²) < 4.78 is 40.0. The van der Waals surface area contributed by atoms with Gasteiger partial charge in [0.25, 0.3) is 5.91 Å². The molecule has 0 radical (unpaired) electrons. The minimum absolute atomic E-state index is 0.0825. The number of nitrogens with zero attached hydrogens (tertiary/aromatic N) is 3. The fourth-order valence-electron chi connectivity index (χ4n) is 6.05. The van der Waals surface area contributed by atoms with E-state index in [9.17, 15) is 18.0 Å². The van der Waals surface area contributed by atoms with E-state index in [0.717, 1.165) is 22.9 Å². The summed E-state index contributed by atoms with van der Waals surface area (Å²) in [6.45, 7) is 1.29. The Morgan fingerprint density at radius 2 is 1.88 bits per heavy atom. The number of methoxy groups -OCH3 is 2. The van der Waals surface area contributed by atoms with Crippen LogP contribution in [0.1, 0.15) is 36.0 Å². The molecule has 10 nitrogen and oxygen atoms in total. The largest absolute Gasteiger partial charge is 0.494 e. The molecule has 42 heavy (non-hydrogen) atoms. The standard InChI is InChI=1S/C31H32N4O6S/c1-40-19-7-17-34-24-13-12-23(20-8-5-9-22(28(20)24)31(34)37)33-30(36)25-11-3-4-18-35(25)42(38,39)27-15-14-26(41-2)29-21(27)10-6-16-32-29/h5-6,8-10,12-16,25H,3-4,7,11,17-19H2,1-2H3,(H,33,36). The van der Waals surface area contributed by atoms with Gasteiger partial charge in [-0.25, -0.2) is 8.42 Å². The van der Waals surface area contributed by atoms with Crippen LogP contribution in [0.5, 0.6) is 5.75 Å². The van der Waals surface area contributed by atoms with Gasteiger partial charge in [0.05, 0.1) is 17.7 Å². The summed E-state index contributed by atoms with van der Waals surface area (Å²) in [4.78, 5) is 33.2. The van der Waals surface area contributed by atoms with Crippen molar-refractivity contribution in [3.63, 3.8) is 0 Å². The van der Waals surface area contributed by atoms with Crippen molar-refractivity contribution >= 4 is 54.9 Å². The molecular weight excluding hydrogens is 556 g/mol. The number of carbonyl (C=O) groups excluding carboxylic acids is 2. The molecule has 1 N–H and O–H groups in total. The molecule has 1 aromatic heterocycles. The van der Waals surface area contributed by atoms with E-state index in [1.807, 2.05) is 12.1 Å². The monoisotopic (exact) mass is 588 g/mol. The maximum absolute atomic E-state index is 14.1. The molecule has 0 saturated carbocycles. The highest BCUT2D eigenvalue weighted by molar-refractivity contribution is 7.89. The number of sulfonamides is 1. The molecule has 1 fully saturated rings. The van der Waals surface area contributed by atoms with Crippen molar-refractivity contribution in [2.45, 2.75) is 36.6 Å². The van der Waals surface area contributed by atoms with Gasteiger partial charge in [-0.3, -0.25) is 14.6 Å². The van der Waals surface area contributed by atoms with Gasteiger partial charge in [0.2, 0.25) is 15.9 Å². The molecule has 3 heterocycles. The van der Waals surface area contributed by atoms with Crippen molar-refractivity contribution in [3.05, 3.63) is 66.4 Å². The number of aromatic nitrogens is 1. The van der Waals surface area contributed by atoms with Crippen LogP contribution < -0.4 is 15.0 Å². The number of anilines is 2. The van der Waals surface area contributed by atoms with Crippen molar-refractivity contribution in [3.8, 4) is 5.75 Å². The van der Waals surface area contributed by atoms with E-state index in [1.165, 1.54) is 17.5 Å². The summed E-state index contributed by atoms with van der Waals surface area (Å²) in [5.41, 5.74) is 2.35. The average molecular weight is 589 g/mol. The predicted molar refractivity (Wildman–Crippen MR) is 161 cm³/mol. The quantitative estimate of drug-likeness (QED) is 0.285. The zero-order chi connectivity index (χ0) is 29.4. The summed E-state index contributed by atoms with van der Waals surface area (Å²) in [5.74, 6) is -0.0163. The smallest absolute Gasteiger partial charge is 0.258 e. The van der Waals surface area contributed by atoms with Crippen LogP contribution >= 0.6 is 0 Å². The number of carbonyl (C=O) groups is 2. The minimum Gasteiger partial charge on any atom is -0.494 e. The van der Waals surface area contributed by atoms with Gasteiger partial charge in [-0.2, -0.15) is 4.31 Å². The molecule has 0 aliphatic carbocycles. The molecule has 11 heteroatoms. The van der Waals surface area contributed by atoms with E-state index in [4.69, 9.17) is 9.47 Å². The molecule has 6 rings (SSSR count). The van der Waals surface area contributed by atoms with E-state index in [-0.39, 0.29) is 17.3 Å². The Balaban J connectivity index is 1.32. The second-order valence-corrected chi connectivity index (χ2v) is 12.3. The number of fused-ring (bicyclic) bond motifs is 1. The number of piperidine rings is 1. The van der Waals surface area contributed by atoms with E-state index >= 15 is 0 Å². The van der Waals surface area contributed by atoms with Gasteiger partial charge in [-0.15, -0.1) is 0 Å². The molecule has 3 aromatic carbocycles. The Hall–Kier alpha value is -4.06. The number of rotatable bonds is 9. The lowest BCUT2D eigenvalue weighted by molar-refractivity contribution is -0.120. The second kappa shape index (κ2) is 11.3. The number of ether oxygens (including phenoxy) is 2. The third kappa shape index (κ3) is 4.67. The van der Waals surface area contributed by atoms with Crippen molar-refractivity contribution < 1.29 is 27.5 Å². The predicted octanol–water partition coefficient (Wildman–Crippen LogP) is 4.58. The van der Waals surface area contributed by atoms with Crippen LogP contribution in [-0.4, -0.2) is 69.5 Å². The highest BCUT2D eigenvalue weighted by Crippen LogP contribution is 2.41. The van der Waals surface area contributed by atoms with Crippen LogP contribution in [0.15, 0.2) is 65.7 Å². The van der Waals surface area contributed by atoms with Crippen LogP contribution in [-0.2, 0) is 19.6 Å². The Bertz CT molecular complexity index is 1810. The van der Waals surface area contributed by atoms with Crippen molar-refractivity contribution in [2.75, 3.05) is 44.1 Å². The Labute approximate surface area is 244 Å². The molecule has 1 unspecified atom stereocenters. The summed E-state index contributed by atoms with van der Waals surface area (Å²) >= 11 is 0. The molecule has 2 amide bonds. The molecule has 0 bridgehead atoms. The molecule has 2 aliphatic rings. The van der Waals surface area contributed by atoms with Crippen LogP contribution in [0.4, 0.5) is 11.4 Å². The lowest BCUT2D eigenvalue weighted by Gasteiger charge is -2.34. The average Bonchev–Trinajstić information content (AvgIpc) is 3.29. The molecular formula is C31H32N4O6S. The first-order chi connectivity index (χ1) is 20.4. The number of amides is 2. The summed E-state index contributed by atoms with van der Waals surface area (Å²) in [7, 11) is -0.914. The van der Waals surface area contributed by atoms with E-state index in [1.54, 1.807) is 54.6 Å². The fraction of sp³-hybridized carbons (Fsp3) is 0.323. The number of benzene rings is 3. The maximum atomic E-state index is 14.1. The highest BCUT2D eigenvalue weighted by Gasteiger charge is 2.39. The van der Waals surface area contributed by atoms with Gasteiger partial charge in [-0.1, -0.05) is 18.6 Å². The van der Waals surface area contributed by atoms with Gasteiger partial charge < -0.3 is 19.7 Å². The molecule has 1 saturated heterocycles. The summed E-state index contributed by atoms with van der Waals surface area (Å²) in [6.07, 6.45) is 4.05. The van der Waals surface area contributed by atoms with Crippen LogP contribution in [0.3, 0.4) is 0 Å². The topological polar surface area (TPSA) is 118 Å². The first kappa shape index (κ1) is 28.1. The van der Waals surface area contributed by atoms with Crippen molar-refractivity contribution in [1.82, 2.24) is 9.29 Å². The van der Waals surface area contributed by atoms with E-state index in [0.29, 0.717) is 60.3 Å². The third-order valence-electron chi connectivity index (χ3n) is 8.03. The fourth-order valence-corrected chi connectivity index (χ4v) is 7.89. The first-order valence-electron chi connectivity index (χ1n) is 14.0. The van der Waals surface area contributed by atoms with Gasteiger partial charge in [0, 0.05) is 60.4 Å². The zero-order valence-electron chi connectivity index (χ0n) is 23.5. The van der Waals surface area contributed by atoms with Gasteiger partial charge in [-0.05, 0) is 61.7 Å². The third-order valence-corrected chi connectivity index (χ3v) is 9.99. The van der Waals surface area contributed by atoms with E-state index < -0.39 is 22.0 Å². The Morgan fingerprint density at radius 3 is 2.69 bits per heavy atom. The lowest BCUT2D eigenvalue weighted by atomic mass is 10.0. The highest BCUT2D eigenvalue weighted by atomic mass is 32.2. The lowest BCUT2D eigenvalue weighted by Crippen LogP contribution is -2.49. The number of hydrogen-bond donors (Lipinski definition) is 1. The first-order valence-corrected chi connectivity index (χ1v) is 15.4. The Morgan fingerprint density at radius 1 is 1.05 bits per heavy atom. The van der Waals surface area contributed by atoms with Crippen molar-refractivity contribution in [2.24, 2.45) is 0 Å². The second-order valence-electron chi connectivity index (χ2n) is 10.4. The van der Waals surface area contributed by atoms with Gasteiger partial charge in [0.15, 0.2) is 0 Å². The molecule has 0 spiro atoms. The SMILES string of the molecule is COCCCN1C(=O)c2cccc3c(NC(=O)C4CCCCN4S(=O)(=O)c4ccc(OC)c5ncccc45)ccc1c23. The van der Waals surface area contributed by atoms with Crippen molar-refractivity contribution in [1.29, 1.82) is 0 Å². The molecule has 2 aliphatic heterocycles. The maximum Gasteiger partial charge on any atom is 0.258 e.